The van der Waals surface area contributed by atoms with Crippen molar-refractivity contribution in [3.8, 4) is 11.1 Å². The minimum absolute atomic E-state index is 0.105. The molecule has 0 saturated heterocycles. The number of aryl methyl sites for hydroxylation is 2. The molecular weight excluding hydrogens is 454 g/mol. The highest BCUT2D eigenvalue weighted by atomic mass is 32.1. The molecule has 4 aromatic rings. The Balaban J connectivity index is 1.41. The van der Waals surface area contributed by atoms with Gasteiger partial charge in [0.25, 0.3) is 11.8 Å². The molecule has 2 amide bonds. The first-order chi connectivity index (χ1) is 16.9. The molecule has 4 rings (SSSR count). The maximum Gasteiger partial charge on any atom is 0.257 e. The minimum atomic E-state index is -0.334. The number of benzene rings is 4. The van der Waals surface area contributed by atoms with Crippen LogP contribution in [0.5, 0.6) is 0 Å². The summed E-state index contributed by atoms with van der Waals surface area (Å²) < 4.78 is 0. The fourth-order valence-corrected chi connectivity index (χ4v) is 3.78. The Hall–Kier alpha value is -4.29. The van der Waals surface area contributed by atoms with Crippen LogP contribution in [0.1, 0.15) is 31.8 Å². The molecule has 5 nitrogen and oxygen atoms in total. The van der Waals surface area contributed by atoms with Crippen LogP contribution in [-0.2, 0) is 0 Å². The van der Waals surface area contributed by atoms with E-state index < -0.39 is 0 Å². The molecule has 0 aliphatic rings. The number of hydrogen-bond acceptors (Lipinski definition) is 3. The van der Waals surface area contributed by atoms with Crippen molar-refractivity contribution in [1.82, 2.24) is 5.32 Å². The van der Waals surface area contributed by atoms with Gasteiger partial charge in [-0.2, -0.15) is 0 Å². The zero-order valence-electron chi connectivity index (χ0n) is 19.5. The lowest BCUT2D eigenvalue weighted by molar-refractivity contribution is 0.0976. The Morgan fingerprint density at radius 1 is 0.657 bits per heavy atom. The first kappa shape index (κ1) is 23.9. The Morgan fingerprint density at radius 3 is 2.03 bits per heavy atom. The summed E-state index contributed by atoms with van der Waals surface area (Å²) in [5.41, 5.74) is 6.44. The van der Waals surface area contributed by atoms with Crippen LogP contribution >= 0.6 is 12.2 Å². The Bertz CT molecular complexity index is 1380. The number of amides is 2. The lowest BCUT2D eigenvalue weighted by Gasteiger charge is -2.14. The van der Waals surface area contributed by atoms with E-state index in [0.29, 0.717) is 22.5 Å². The van der Waals surface area contributed by atoms with Crippen molar-refractivity contribution < 1.29 is 9.59 Å². The van der Waals surface area contributed by atoms with Crippen molar-refractivity contribution in [3.05, 3.63) is 119 Å². The van der Waals surface area contributed by atoms with E-state index in [1.165, 1.54) is 0 Å². The fraction of sp³-hybridized carbons (Fsp3) is 0.0690. The average Bonchev–Trinajstić information content (AvgIpc) is 2.87. The monoisotopic (exact) mass is 479 g/mol. The van der Waals surface area contributed by atoms with Gasteiger partial charge in [0, 0.05) is 11.3 Å². The van der Waals surface area contributed by atoms with Gasteiger partial charge in [-0.1, -0.05) is 60.7 Å². The van der Waals surface area contributed by atoms with Crippen molar-refractivity contribution in [2.45, 2.75) is 13.8 Å². The van der Waals surface area contributed by atoms with E-state index >= 15 is 0 Å². The van der Waals surface area contributed by atoms with Crippen LogP contribution in [0.25, 0.3) is 11.1 Å². The van der Waals surface area contributed by atoms with Crippen LogP contribution in [0.4, 0.5) is 11.4 Å². The fourth-order valence-electron chi connectivity index (χ4n) is 3.58. The number of anilines is 2. The van der Waals surface area contributed by atoms with E-state index in [0.717, 1.165) is 22.3 Å². The number of hydrogen-bond donors (Lipinski definition) is 3. The van der Waals surface area contributed by atoms with Crippen LogP contribution in [-0.4, -0.2) is 16.9 Å². The Labute approximate surface area is 210 Å². The second kappa shape index (κ2) is 10.8. The normalized spacial score (nSPS) is 10.3. The number of nitrogens with one attached hydrogen (secondary N) is 3. The predicted octanol–water partition coefficient (Wildman–Crippen LogP) is 6.35. The third-order valence-electron chi connectivity index (χ3n) is 5.67. The van der Waals surface area contributed by atoms with Crippen molar-refractivity contribution in [3.63, 3.8) is 0 Å². The molecule has 3 N–H and O–H groups in total. The van der Waals surface area contributed by atoms with Gasteiger partial charge in [0.15, 0.2) is 5.11 Å². The molecule has 174 valence electrons. The number of carbonyl (C=O) groups excluding carboxylic acids is 2. The summed E-state index contributed by atoms with van der Waals surface area (Å²) in [6.45, 7) is 4.02. The molecular formula is C29H25N3O2S. The molecule has 4 aromatic carbocycles. The van der Waals surface area contributed by atoms with Gasteiger partial charge in [-0.3, -0.25) is 14.9 Å². The van der Waals surface area contributed by atoms with E-state index in [4.69, 9.17) is 12.2 Å². The molecule has 0 bridgehead atoms. The first-order valence-corrected chi connectivity index (χ1v) is 11.6. The van der Waals surface area contributed by atoms with E-state index in [9.17, 15) is 9.59 Å². The first-order valence-electron chi connectivity index (χ1n) is 11.2. The van der Waals surface area contributed by atoms with Gasteiger partial charge in [-0.25, -0.2) is 0 Å². The second-order valence-corrected chi connectivity index (χ2v) is 8.56. The lowest BCUT2D eigenvalue weighted by atomic mass is 10.0. The highest BCUT2D eigenvalue weighted by Gasteiger charge is 2.14. The van der Waals surface area contributed by atoms with Crippen LogP contribution < -0.4 is 16.0 Å². The molecule has 0 saturated carbocycles. The molecule has 0 fully saturated rings. The average molecular weight is 480 g/mol. The molecule has 0 spiro atoms. The summed E-state index contributed by atoms with van der Waals surface area (Å²) in [7, 11) is 0. The standard InChI is InChI=1S/C29H25N3O2S/c1-19-12-17-24(18-20(19)2)30-28(34)25-10-6-7-11-26(25)31-29(35)32-27(33)23-15-13-22(14-16-23)21-8-4-3-5-9-21/h3-18H,1-2H3,(H,30,34)(H2,31,32,33,35). The quantitative estimate of drug-likeness (QED) is 0.292. The van der Waals surface area contributed by atoms with Crippen molar-refractivity contribution in [1.29, 1.82) is 0 Å². The van der Waals surface area contributed by atoms with E-state index in [2.05, 4.69) is 16.0 Å². The number of carbonyl (C=O) groups is 2. The van der Waals surface area contributed by atoms with Gasteiger partial charge in [-0.05, 0) is 84.7 Å². The molecule has 0 unspecified atom stereocenters. The second-order valence-electron chi connectivity index (χ2n) is 8.15. The van der Waals surface area contributed by atoms with E-state index in [1.54, 1.807) is 36.4 Å². The number of rotatable bonds is 5. The van der Waals surface area contributed by atoms with Crippen LogP contribution in [0, 0.1) is 13.8 Å². The van der Waals surface area contributed by atoms with Crippen molar-refractivity contribution in [2.24, 2.45) is 0 Å². The van der Waals surface area contributed by atoms with Crippen LogP contribution in [0.3, 0.4) is 0 Å². The smallest absolute Gasteiger partial charge is 0.257 e. The SMILES string of the molecule is Cc1ccc(NC(=O)c2ccccc2NC(=S)NC(=O)c2ccc(-c3ccccc3)cc2)cc1C. The van der Waals surface area contributed by atoms with Gasteiger partial charge < -0.3 is 10.6 Å². The van der Waals surface area contributed by atoms with Gasteiger partial charge in [0.05, 0.1) is 11.3 Å². The summed E-state index contributed by atoms with van der Waals surface area (Å²) in [5.74, 6) is -0.610. The molecule has 0 aliphatic carbocycles. The maximum absolute atomic E-state index is 12.9. The zero-order chi connectivity index (χ0) is 24.8. The van der Waals surface area contributed by atoms with Gasteiger partial charge in [0.1, 0.15) is 0 Å². The Morgan fingerprint density at radius 2 is 1.31 bits per heavy atom. The minimum Gasteiger partial charge on any atom is -0.332 e. The number of para-hydroxylation sites is 1. The number of thiocarbonyl (C=S) groups is 1. The summed E-state index contributed by atoms with van der Waals surface area (Å²) in [4.78, 5) is 25.6. The summed E-state index contributed by atoms with van der Waals surface area (Å²) >= 11 is 5.35. The molecule has 6 heteroatoms. The van der Waals surface area contributed by atoms with Crippen molar-refractivity contribution in [2.75, 3.05) is 10.6 Å². The van der Waals surface area contributed by atoms with E-state index in [-0.39, 0.29) is 16.9 Å². The highest BCUT2D eigenvalue weighted by Crippen LogP contribution is 2.21. The maximum atomic E-state index is 12.9. The lowest BCUT2D eigenvalue weighted by Crippen LogP contribution is -2.34. The van der Waals surface area contributed by atoms with Gasteiger partial charge in [0.2, 0.25) is 0 Å². The van der Waals surface area contributed by atoms with Gasteiger partial charge >= 0.3 is 0 Å². The van der Waals surface area contributed by atoms with Gasteiger partial charge in [-0.15, -0.1) is 0 Å². The van der Waals surface area contributed by atoms with Crippen LogP contribution in [0.15, 0.2) is 97.1 Å². The van der Waals surface area contributed by atoms with E-state index in [1.807, 2.05) is 74.5 Å². The highest BCUT2D eigenvalue weighted by molar-refractivity contribution is 7.80. The molecule has 35 heavy (non-hydrogen) atoms. The van der Waals surface area contributed by atoms with Crippen LogP contribution in [0.2, 0.25) is 0 Å². The van der Waals surface area contributed by atoms with Crippen molar-refractivity contribution >= 4 is 40.5 Å². The molecule has 0 aliphatic heterocycles. The molecule has 0 aromatic heterocycles. The predicted molar refractivity (Wildman–Crippen MR) is 146 cm³/mol. The summed E-state index contributed by atoms with van der Waals surface area (Å²) in [5, 5.41) is 8.68. The molecule has 0 atom stereocenters. The third kappa shape index (κ3) is 5.99. The molecule has 0 radical (unpaired) electrons. The Kier molecular flexibility index (Phi) is 7.33. The summed E-state index contributed by atoms with van der Waals surface area (Å²) in [6, 6.07) is 30.0. The third-order valence-corrected chi connectivity index (χ3v) is 5.87. The zero-order valence-corrected chi connectivity index (χ0v) is 20.3. The topological polar surface area (TPSA) is 70.2 Å². The molecule has 0 heterocycles. The largest absolute Gasteiger partial charge is 0.332 e. The summed E-state index contributed by atoms with van der Waals surface area (Å²) in [6.07, 6.45) is 0.